The Hall–Kier alpha value is -3.47. The lowest BCUT2D eigenvalue weighted by molar-refractivity contribution is 0.0949. The fourth-order valence-electron chi connectivity index (χ4n) is 2.30. The molecule has 2 amide bonds. The van der Waals surface area contributed by atoms with Crippen molar-refractivity contribution >= 4 is 17.6 Å². The third-order valence-electron chi connectivity index (χ3n) is 3.60. The highest BCUT2D eigenvalue weighted by Crippen LogP contribution is 2.10. The van der Waals surface area contributed by atoms with Crippen LogP contribution < -0.4 is 10.6 Å². The molecule has 0 bridgehead atoms. The summed E-state index contributed by atoms with van der Waals surface area (Å²) in [5, 5.41) is 5.55. The highest BCUT2D eigenvalue weighted by atomic mass is 16.2. The number of amides is 2. The van der Waals surface area contributed by atoms with Crippen LogP contribution in [0.3, 0.4) is 0 Å². The summed E-state index contributed by atoms with van der Waals surface area (Å²) in [6.07, 6.45) is 1.50. The van der Waals surface area contributed by atoms with Gasteiger partial charge in [0.05, 0.1) is 0 Å². The average Bonchev–Trinajstić information content (AvgIpc) is 2.68. The maximum absolute atomic E-state index is 12.3. The van der Waals surface area contributed by atoms with Crippen LogP contribution in [0.5, 0.6) is 0 Å². The molecule has 5 heteroatoms. The molecule has 0 aliphatic rings. The molecule has 0 saturated carbocycles. The minimum absolute atomic E-state index is 0.221. The summed E-state index contributed by atoms with van der Waals surface area (Å²) in [5.41, 5.74) is 1.99. The molecule has 5 nitrogen and oxygen atoms in total. The Balaban J connectivity index is 1.64. The van der Waals surface area contributed by atoms with E-state index in [1.165, 1.54) is 6.20 Å². The molecule has 0 aliphatic heterocycles. The molecular formula is C20H17N3O2. The van der Waals surface area contributed by atoms with Gasteiger partial charge in [0.2, 0.25) is 0 Å². The van der Waals surface area contributed by atoms with E-state index in [2.05, 4.69) is 15.6 Å². The zero-order chi connectivity index (χ0) is 17.5. The molecule has 2 aromatic carbocycles. The van der Waals surface area contributed by atoms with Crippen LogP contribution in [0.25, 0.3) is 0 Å². The minimum Gasteiger partial charge on any atom is -0.348 e. The van der Waals surface area contributed by atoms with Gasteiger partial charge >= 0.3 is 0 Å². The monoisotopic (exact) mass is 331 g/mol. The normalized spacial score (nSPS) is 10.1. The van der Waals surface area contributed by atoms with Crippen molar-refractivity contribution in [3.05, 3.63) is 95.7 Å². The standard InChI is InChI=1S/C20H17N3O2/c24-19(22-14-15-7-3-1-4-8-15)17-11-12-21-18(13-17)23-20(25)16-9-5-2-6-10-16/h1-13H,14H2,(H,22,24)(H,21,23,25). The number of pyridine rings is 1. The van der Waals surface area contributed by atoms with Gasteiger partial charge in [-0.25, -0.2) is 4.98 Å². The lowest BCUT2D eigenvalue weighted by atomic mass is 10.2. The van der Waals surface area contributed by atoms with Crippen molar-refractivity contribution in [3.8, 4) is 0 Å². The summed E-state index contributed by atoms with van der Waals surface area (Å²) in [6.45, 7) is 0.438. The first-order chi connectivity index (χ1) is 12.2. The van der Waals surface area contributed by atoms with E-state index in [1.807, 2.05) is 36.4 Å². The summed E-state index contributed by atoms with van der Waals surface area (Å²) < 4.78 is 0. The van der Waals surface area contributed by atoms with Crippen molar-refractivity contribution < 1.29 is 9.59 Å². The van der Waals surface area contributed by atoms with Gasteiger partial charge < -0.3 is 10.6 Å². The number of rotatable bonds is 5. The van der Waals surface area contributed by atoms with Gasteiger partial charge in [0, 0.05) is 23.9 Å². The van der Waals surface area contributed by atoms with Crippen LogP contribution in [0.1, 0.15) is 26.3 Å². The van der Waals surface area contributed by atoms with Gasteiger partial charge in [-0.15, -0.1) is 0 Å². The van der Waals surface area contributed by atoms with Crippen LogP contribution >= 0.6 is 0 Å². The van der Waals surface area contributed by atoms with Gasteiger partial charge in [0.25, 0.3) is 11.8 Å². The number of benzene rings is 2. The topological polar surface area (TPSA) is 71.1 Å². The second-order valence-corrected chi connectivity index (χ2v) is 5.42. The van der Waals surface area contributed by atoms with Crippen LogP contribution in [0, 0.1) is 0 Å². The number of aromatic nitrogens is 1. The maximum atomic E-state index is 12.3. The van der Waals surface area contributed by atoms with Gasteiger partial charge in [-0.3, -0.25) is 9.59 Å². The second-order valence-electron chi connectivity index (χ2n) is 5.42. The molecule has 25 heavy (non-hydrogen) atoms. The molecular weight excluding hydrogens is 314 g/mol. The zero-order valence-electron chi connectivity index (χ0n) is 13.5. The summed E-state index contributed by atoms with van der Waals surface area (Å²) in [4.78, 5) is 28.5. The first-order valence-electron chi connectivity index (χ1n) is 7.87. The summed E-state index contributed by atoms with van der Waals surface area (Å²) >= 11 is 0. The Morgan fingerprint density at radius 1 is 0.800 bits per heavy atom. The lowest BCUT2D eigenvalue weighted by Crippen LogP contribution is -2.23. The number of anilines is 1. The third kappa shape index (κ3) is 4.51. The van der Waals surface area contributed by atoms with Gasteiger partial charge in [-0.2, -0.15) is 0 Å². The zero-order valence-corrected chi connectivity index (χ0v) is 13.5. The van der Waals surface area contributed by atoms with Crippen molar-refractivity contribution in [2.45, 2.75) is 6.54 Å². The van der Waals surface area contributed by atoms with Crippen LogP contribution in [0.15, 0.2) is 79.0 Å². The first kappa shape index (κ1) is 16.4. The van der Waals surface area contributed by atoms with E-state index < -0.39 is 0 Å². The van der Waals surface area contributed by atoms with E-state index in [-0.39, 0.29) is 11.8 Å². The predicted molar refractivity (Wildman–Crippen MR) is 96.2 cm³/mol. The molecule has 0 aliphatic carbocycles. The Kier molecular flexibility index (Phi) is 5.16. The molecule has 1 aromatic heterocycles. The van der Waals surface area contributed by atoms with Crippen LogP contribution in [0.4, 0.5) is 5.82 Å². The lowest BCUT2D eigenvalue weighted by Gasteiger charge is -2.08. The van der Waals surface area contributed by atoms with Crippen molar-refractivity contribution in [2.24, 2.45) is 0 Å². The number of carbonyl (C=O) groups excluding carboxylic acids is 2. The van der Waals surface area contributed by atoms with Crippen molar-refractivity contribution in [1.29, 1.82) is 0 Å². The molecule has 0 atom stereocenters. The first-order valence-corrected chi connectivity index (χ1v) is 7.87. The fourth-order valence-corrected chi connectivity index (χ4v) is 2.30. The highest BCUT2D eigenvalue weighted by Gasteiger charge is 2.10. The number of carbonyl (C=O) groups is 2. The molecule has 3 rings (SSSR count). The molecule has 124 valence electrons. The Morgan fingerprint density at radius 2 is 1.48 bits per heavy atom. The molecule has 2 N–H and O–H groups in total. The molecule has 0 radical (unpaired) electrons. The van der Waals surface area contributed by atoms with Crippen LogP contribution in [-0.2, 0) is 6.54 Å². The van der Waals surface area contributed by atoms with E-state index in [4.69, 9.17) is 0 Å². The summed E-state index contributed by atoms with van der Waals surface area (Å²) in [6, 6.07) is 21.7. The van der Waals surface area contributed by atoms with E-state index in [0.717, 1.165) is 5.56 Å². The molecule has 0 spiro atoms. The van der Waals surface area contributed by atoms with Crippen molar-refractivity contribution in [1.82, 2.24) is 10.3 Å². The van der Waals surface area contributed by atoms with Gasteiger partial charge in [0.1, 0.15) is 5.82 Å². The van der Waals surface area contributed by atoms with E-state index >= 15 is 0 Å². The summed E-state index contributed by atoms with van der Waals surface area (Å²) in [5.74, 6) is -0.155. The minimum atomic E-state index is -0.269. The summed E-state index contributed by atoms with van der Waals surface area (Å²) in [7, 11) is 0. The third-order valence-corrected chi connectivity index (χ3v) is 3.60. The van der Waals surface area contributed by atoms with Gasteiger partial charge in [-0.05, 0) is 29.8 Å². The van der Waals surface area contributed by atoms with E-state index in [1.54, 1.807) is 36.4 Å². The molecule has 0 fully saturated rings. The van der Waals surface area contributed by atoms with E-state index in [9.17, 15) is 9.59 Å². The molecule has 1 heterocycles. The second kappa shape index (κ2) is 7.88. The molecule has 0 unspecified atom stereocenters. The van der Waals surface area contributed by atoms with Gasteiger partial charge in [-0.1, -0.05) is 48.5 Å². The molecule has 3 aromatic rings. The van der Waals surface area contributed by atoms with Crippen molar-refractivity contribution in [2.75, 3.05) is 5.32 Å². The van der Waals surface area contributed by atoms with Crippen LogP contribution in [0.2, 0.25) is 0 Å². The quantitative estimate of drug-likeness (QED) is 0.754. The van der Waals surface area contributed by atoms with Crippen molar-refractivity contribution in [3.63, 3.8) is 0 Å². The Morgan fingerprint density at radius 3 is 2.20 bits per heavy atom. The number of hydrogen-bond acceptors (Lipinski definition) is 3. The average molecular weight is 331 g/mol. The maximum Gasteiger partial charge on any atom is 0.256 e. The molecule has 0 saturated heterocycles. The Bertz CT molecular complexity index is 864. The van der Waals surface area contributed by atoms with Gasteiger partial charge in [0.15, 0.2) is 0 Å². The smallest absolute Gasteiger partial charge is 0.256 e. The number of nitrogens with zero attached hydrogens (tertiary/aromatic N) is 1. The van der Waals surface area contributed by atoms with E-state index in [0.29, 0.717) is 23.5 Å². The van der Waals surface area contributed by atoms with Crippen LogP contribution in [-0.4, -0.2) is 16.8 Å². The number of hydrogen-bond donors (Lipinski definition) is 2. The highest BCUT2D eigenvalue weighted by molar-refractivity contribution is 6.04. The fraction of sp³-hybridized carbons (Fsp3) is 0.0500. The predicted octanol–water partition coefficient (Wildman–Crippen LogP) is 3.26. The largest absolute Gasteiger partial charge is 0.348 e. The Labute approximate surface area is 145 Å². The number of nitrogens with one attached hydrogen (secondary N) is 2. The SMILES string of the molecule is O=C(NCc1ccccc1)c1ccnc(NC(=O)c2ccccc2)c1.